The van der Waals surface area contributed by atoms with Gasteiger partial charge in [-0.25, -0.2) is 4.98 Å². The van der Waals surface area contributed by atoms with Gasteiger partial charge in [0.05, 0.1) is 23.8 Å². The van der Waals surface area contributed by atoms with Crippen molar-refractivity contribution in [2.75, 3.05) is 37.7 Å². The lowest BCUT2D eigenvalue weighted by Gasteiger charge is -2.33. The minimum Gasteiger partial charge on any atom is -0.378 e. The Labute approximate surface area is 147 Å². The lowest BCUT2D eigenvalue weighted by molar-refractivity contribution is 0.0302. The number of carbonyl (C=O) groups excluding carboxylic acids is 1. The minimum atomic E-state index is -0.00350. The van der Waals surface area contributed by atoms with Crippen LogP contribution < -0.4 is 4.90 Å². The van der Waals surface area contributed by atoms with Crippen molar-refractivity contribution < 1.29 is 9.53 Å². The molecule has 2 saturated heterocycles. The average molecular weight is 350 g/mol. The van der Waals surface area contributed by atoms with Gasteiger partial charge in [-0.1, -0.05) is 24.4 Å². The van der Waals surface area contributed by atoms with E-state index < -0.39 is 0 Å². The van der Waals surface area contributed by atoms with E-state index in [1.165, 1.54) is 32.1 Å². The molecule has 2 aliphatic heterocycles. The number of ether oxygens (including phenoxy) is 1. The van der Waals surface area contributed by atoms with E-state index in [2.05, 4.69) is 9.88 Å². The van der Waals surface area contributed by atoms with Crippen LogP contribution in [-0.4, -0.2) is 54.7 Å². The predicted molar refractivity (Wildman–Crippen MR) is 93.7 cm³/mol. The van der Waals surface area contributed by atoms with Crippen LogP contribution in [0.1, 0.15) is 42.5 Å². The molecule has 6 heteroatoms. The average Bonchev–Trinajstić information content (AvgIpc) is 3.06. The van der Waals surface area contributed by atoms with Crippen LogP contribution in [-0.2, 0) is 4.74 Å². The van der Waals surface area contributed by atoms with E-state index in [0.717, 1.165) is 18.3 Å². The molecule has 1 amide bonds. The van der Waals surface area contributed by atoms with Crippen molar-refractivity contribution in [3.63, 3.8) is 0 Å². The number of halogens is 1. The van der Waals surface area contributed by atoms with E-state index in [9.17, 15) is 4.79 Å². The Kier molecular flexibility index (Phi) is 4.63. The van der Waals surface area contributed by atoms with Crippen LogP contribution in [0.3, 0.4) is 0 Å². The summed E-state index contributed by atoms with van der Waals surface area (Å²) in [6.45, 7) is 3.49. The molecule has 1 aliphatic carbocycles. The fourth-order valence-electron chi connectivity index (χ4n) is 4.38. The van der Waals surface area contributed by atoms with E-state index in [1.54, 1.807) is 12.3 Å². The van der Waals surface area contributed by atoms with Gasteiger partial charge in [-0.05, 0) is 31.2 Å². The zero-order valence-electron chi connectivity index (χ0n) is 13.9. The molecule has 4 rings (SSSR count). The number of hydrogen-bond donors (Lipinski definition) is 0. The number of anilines is 1. The Hall–Kier alpha value is -1.33. The molecule has 0 aromatic carbocycles. The van der Waals surface area contributed by atoms with E-state index in [1.807, 2.05) is 4.90 Å². The summed E-state index contributed by atoms with van der Waals surface area (Å²) in [4.78, 5) is 21.3. The highest BCUT2D eigenvalue weighted by molar-refractivity contribution is 6.33. The standard InChI is InChI=1S/C18H24ClN3O2/c19-15-11-14(18(23)21-7-9-24-10-8-21)12-20-17(15)22-6-5-13-3-1-2-4-16(13)22/h11-13,16H,1-10H2/t13-,16+/m0/s1. The van der Waals surface area contributed by atoms with Crippen LogP contribution in [0.5, 0.6) is 0 Å². The summed E-state index contributed by atoms with van der Waals surface area (Å²) >= 11 is 6.52. The molecule has 0 bridgehead atoms. The largest absolute Gasteiger partial charge is 0.378 e. The number of nitrogens with zero attached hydrogens (tertiary/aromatic N) is 3. The molecule has 24 heavy (non-hydrogen) atoms. The fourth-order valence-corrected chi connectivity index (χ4v) is 4.65. The lowest BCUT2D eigenvalue weighted by atomic mass is 9.85. The fraction of sp³-hybridized carbons (Fsp3) is 0.667. The molecule has 3 aliphatic rings. The summed E-state index contributed by atoms with van der Waals surface area (Å²) in [5, 5.41) is 0.598. The number of morpholine rings is 1. The molecule has 0 spiro atoms. The molecule has 0 unspecified atom stereocenters. The van der Waals surface area contributed by atoms with Gasteiger partial charge in [-0.15, -0.1) is 0 Å². The Balaban J connectivity index is 1.52. The number of aromatic nitrogens is 1. The van der Waals surface area contributed by atoms with Gasteiger partial charge in [0, 0.05) is 31.9 Å². The molecule has 5 nitrogen and oxygen atoms in total. The summed E-state index contributed by atoms with van der Waals surface area (Å²) < 4.78 is 5.30. The molecule has 3 heterocycles. The molecule has 0 radical (unpaired) electrons. The Morgan fingerprint density at radius 1 is 1.17 bits per heavy atom. The van der Waals surface area contributed by atoms with Crippen molar-refractivity contribution in [3.05, 3.63) is 22.8 Å². The smallest absolute Gasteiger partial charge is 0.255 e. The maximum absolute atomic E-state index is 12.6. The summed E-state index contributed by atoms with van der Waals surface area (Å²) in [7, 11) is 0. The normalized spacial score (nSPS) is 27.2. The monoisotopic (exact) mass is 349 g/mol. The summed E-state index contributed by atoms with van der Waals surface area (Å²) in [5.41, 5.74) is 0.574. The first kappa shape index (κ1) is 16.2. The topological polar surface area (TPSA) is 45.7 Å². The van der Waals surface area contributed by atoms with Crippen LogP contribution in [0.15, 0.2) is 12.3 Å². The van der Waals surface area contributed by atoms with Gasteiger partial charge in [0.25, 0.3) is 5.91 Å². The van der Waals surface area contributed by atoms with Gasteiger partial charge in [0.1, 0.15) is 5.82 Å². The Morgan fingerprint density at radius 3 is 2.75 bits per heavy atom. The van der Waals surface area contributed by atoms with Crippen molar-refractivity contribution in [1.82, 2.24) is 9.88 Å². The predicted octanol–water partition coefficient (Wildman–Crippen LogP) is 2.98. The molecular weight excluding hydrogens is 326 g/mol. The second-order valence-corrected chi connectivity index (χ2v) is 7.44. The van der Waals surface area contributed by atoms with Crippen molar-refractivity contribution in [1.29, 1.82) is 0 Å². The SMILES string of the molecule is O=C(c1cnc(N2CC[C@@H]3CCCC[C@H]32)c(Cl)c1)N1CCOCC1. The first-order chi connectivity index (χ1) is 11.7. The van der Waals surface area contributed by atoms with Gasteiger partial charge in [-0.3, -0.25) is 4.79 Å². The summed E-state index contributed by atoms with van der Waals surface area (Å²) in [5.74, 6) is 1.63. The highest BCUT2D eigenvalue weighted by Gasteiger charge is 2.37. The van der Waals surface area contributed by atoms with Gasteiger partial charge in [-0.2, -0.15) is 0 Å². The summed E-state index contributed by atoms with van der Waals surface area (Å²) in [6, 6.07) is 2.36. The zero-order chi connectivity index (χ0) is 16.5. The van der Waals surface area contributed by atoms with Crippen LogP contribution in [0.4, 0.5) is 5.82 Å². The van der Waals surface area contributed by atoms with E-state index in [0.29, 0.717) is 42.9 Å². The quantitative estimate of drug-likeness (QED) is 0.823. The Bertz CT molecular complexity index is 618. The molecule has 130 valence electrons. The van der Waals surface area contributed by atoms with Gasteiger partial charge < -0.3 is 14.5 Å². The highest BCUT2D eigenvalue weighted by atomic mass is 35.5. The third-order valence-corrected chi connectivity index (χ3v) is 5.93. The maximum Gasteiger partial charge on any atom is 0.255 e. The molecule has 3 fully saturated rings. The van der Waals surface area contributed by atoms with E-state index in [-0.39, 0.29) is 5.91 Å². The summed E-state index contributed by atoms with van der Waals surface area (Å²) in [6.07, 6.45) is 8.13. The second kappa shape index (κ2) is 6.89. The van der Waals surface area contributed by atoms with Crippen molar-refractivity contribution >= 4 is 23.3 Å². The highest BCUT2D eigenvalue weighted by Crippen LogP contribution is 2.40. The van der Waals surface area contributed by atoms with Gasteiger partial charge >= 0.3 is 0 Å². The first-order valence-electron chi connectivity index (χ1n) is 9.03. The van der Waals surface area contributed by atoms with Gasteiger partial charge in [0.15, 0.2) is 0 Å². The van der Waals surface area contributed by atoms with Crippen molar-refractivity contribution in [3.8, 4) is 0 Å². The molecule has 1 saturated carbocycles. The zero-order valence-corrected chi connectivity index (χ0v) is 14.7. The third kappa shape index (κ3) is 3.00. The van der Waals surface area contributed by atoms with Crippen molar-refractivity contribution in [2.24, 2.45) is 5.92 Å². The van der Waals surface area contributed by atoms with Crippen LogP contribution in [0, 0.1) is 5.92 Å². The van der Waals surface area contributed by atoms with Crippen LogP contribution in [0.25, 0.3) is 0 Å². The maximum atomic E-state index is 12.6. The third-order valence-electron chi connectivity index (χ3n) is 5.65. The van der Waals surface area contributed by atoms with Crippen LogP contribution >= 0.6 is 11.6 Å². The van der Waals surface area contributed by atoms with Crippen molar-refractivity contribution in [2.45, 2.75) is 38.1 Å². The number of rotatable bonds is 2. The number of amides is 1. The van der Waals surface area contributed by atoms with Gasteiger partial charge in [0.2, 0.25) is 0 Å². The molecule has 1 aromatic heterocycles. The van der Waals surface area contributed by atoms with E-state index >= 15 is 0 Å². The molecular formula is C18H24ClN3O2. The van der Waals surface area contributed by atoms with Crippen LogP contribution in [0.2, 0.25) is 5.02 Å². The minimum absolute atomic E-state index is 0.00350. The number of carbonyl (C=O) groups is 1. The number of hydrogen-bond acceptors (Lipinski definition) is 4. The molecule has 0 N–H and O–H groups in total. The second-order valence-electron chi connectivity index (χ2n) is 7.03. The first-order valence-corrected chi connectivity index (χ1v) is 9.41. The molecule has 2 atom stereocenters. The van der Waals surface area contributed by atoms with E-state index in [4.69, 9.17) is 16.3 Å². The number of fused-ring (bicyclic) bond motifs is 1. The Morgan fingerprint density at radius 2 is 1.96 bits per heavy atom. The molecule has 1 aromatic rings. The lowest BCUT2D eigenvalue weighted by Crippen LogP contribution is -2.40. The number of pyridine rings is 1.